The summed E-state index contributed by atoms with van der Waals surface area (Å²) in [6.07, 6.45) is 9.01. The van der Waals surface area contributed by atoms with Gasteiger partial charge in [0.25, 0.3) is 0 Å². The molecular weight excluding hydrogens is 367 g/mol. The van der Waals surface area contributed by atoms with Gasteiger partial charge in [-0.1, -0.05) is 19.3 Å². The highest BCUT2D eigenvalue weighted by molar-refractivity contribution is 14.0. The highest BCUT2D eigenvalue weighted by atomic mass is 127. The van der Waals surface area contributed by atoms with Crippen LogP contribution in [-0.2, 0) is 4.79 Å². The second-order valence-corrected chi connectivity index (χ2v) is 5.58. The van der Waals surface area contributed by atoms with Gasteiger partial charge in [0, 0.05) is 25.6 Å². The molecule has 1 amide bonds. The number of carbonyl (C=O) groups is 1. The van der Waals surface area contributed by atoms with E-state index in [1.165, 1.54) is 32.1 Å². The summed E-state index contributed by atoms with van der Waals surface area (Å²) in [6.45, 7) is 2.33. The van der Waals surface area contributed by atoms with Crippen molar-refractivity contribution in [3.63, 3.8) is 0 Å². The van der Waals surface area contributed by atoms with E-state index in [0.717, 1.165) is 25.9 Å². The quantitative estimate of drug-likeness (QED) is 0.435. The van der Waals surface area contributed by atoms with Crippen molar-refractivity contribution in [3.05, 3.63) is 0 Å². The van der Waals surface area contributed by atoms with Gasteiger partial charge in [-0.25, -0.2) is 0 Å². The number of carbonyl (C=O) groups excluding carboxylic acids is 1. The van der Waals surface area contributed by atoms with Gasteiger partial charge in [-0.15, -0.1) is 24.0 Å². The van der Waals surface area contributed by atoms with E-state index in [9.17, 15) is 4.79 Å². The maximum absolute atomic E-state index is 11.8. The number of amides is 1. The number of hydrogen-bond donors (Lipinski definition) is 2. The van der Waals surface area contributed by atoms with Crippen LogP contribution < -0.4 is 11.1 Å². The Bertz CT molecular complexity index is 323. The summed E-state index contributed by atoms with van der Waals surface area (Å²) < 4.78 is 0. The Morgan fingerprint density at radius 1 is 1.15 bits per heavy atom. The average Bonchev–Trinajstić information content (AvgIpc) is 2.93. The highest BCUT2D eigenvalue weighted by Gasteiger charge is 2.17. The van der Waals surface area contributed by atoms with Crippen molar-refractivity contribution in [2.24, 2.45) is 10.7 Å². The summed E-state index contributed by atoms with van der Waals surface area (Å²) in [6, 6.07) is 0.479. The molecule has 0 unspecified atom stereocenters. The van der Waals surface area contributed by atoms with Crippen LogP contribution in [0.5, 0.6) is 0 Å². The first kappa shape index (κ1) is 17.5. The average molecular weight is 394 g/mol. The standard InChI is InChI=1S/C14H26N4O.HI/c15-14(17-12-6-2-1-3-7-12)16-9-8-13(19)18-10-4-5-11-18;/h12H,1-11H2,(H3,15,16,17);1H. The molecule has 0 aromatic carbocycles. The molecule has 2 fully saturated rings. The maximum Gasteiger partial charge on any atom is 0.224 e. The smallest absolute Gasteiger partial charge is 0.224 e. The predicted molar refractivity (Wildman–Crippen MR) is 92.3 cm³/mol. The molecule has 0 atom stereocenters. The summed E-state index contributed by atoms with van der Waals surface area (Å²) in [5.74, 6) is 0.716. The van der Waals surface area contributed by atoms with Gasteiger partial charge < -0.3 is 16.0 Å². The minimum Gasteiger partial charge on any atom is -0.370 e. The number of likely N-dealkylation sites (tertiary alicyclic amines) is 1. The molecule has 20 heavy (non-hydrogen) atoms. The first-order chi connectivity index (χ1) is 9.25. The maximum atomic E-state index is 11.8. The predicted octanol–water partition coefficient (Wildman–Crippen LogP) is 1.85. The molecule has 0 aromatic heterocycles. The van der Waals surface area contributed by atoms with Crippen molar-refractivity contribution in [1.82, 2.24) is 10.2 Å². The third-order valence-corrected chi connectivity index (χ3v) is 4.02. The Kier molecular flexibility index (Phi) is 8.25. The molecule has 1 saturated carbocycles. The van der Waals surface area contributed by atoms with Crippen LogP contribution in [0.3, 0.4) is 0 Å². The number of rotatable bonds is 4. The Morgan fingerprint density at radius 2 is 1.80 bits per heavy atom. The zero-order valence-electron chi connectivity index (χ0n) is 12.1. The van der Waals surface area contributed by atoms with Gasteiger partial charge in [0.05, 0.1) is 6.54 Å². The molecule has 3 N–H and O–H groups in total. The summed E-state index contributed by atoms with van der Waals surface area (Å²) >= 11 is 0. The number of aliphatic imine (C=N–C) groups is 1. The molecule has 1 aliphatic heterocycles. The normalized spacial score (nSPS) is 20.6. The summed E-state index contributed by atoms with van der Waals surface area (Å²) in [5, 5.41) is 3.26. The zero-order chi connectivity index (χ0) is 13.5. The van der Waals surface area contributed by atoms with Crippen LogP contribution in [-0.4, -0.2) is 42.4 Å². The molecule has 1 aliphatic carbocycles. The monoisotopic (exact) mass is 394 g/mol. The van der Waals surface area contributed by atoms with E-state index in [1.807, 2.05) is 4.90 Å². The number of guanidine groups is 1. The molecule has 0 bridgehead atoms. The zero-order valence-corrected chi connectivity index (χ0v) is 14.5. The van der Waals surface area contributed by atoms with E-state index in [-0.39, 0.29) is 29.9 Å². The minimum atomic E-state index is 0. The summed E-state index contributed by atoms with van der Waals surface area (Å²) in [5.41, 5.74) is 5.86. The van der Waals surface area contributed by atoms with Gasteiger partial charge in [0.2, 0.25) is 5.91 Å². The molecule has 116 valence electrons. The van der Waals surface area contributed by atoms with E-state index in [0.29, 0.717) is 25.0 Å². The number of nitrogens with two attached hydrogens (primary N) is 1. The van der Waals surface area contributed by atoms with E-state index >= 15 is 0 Å². The molecule has 2 rings (SSSR count). The van der Waals surface area contributed by atoms with Gasteiger partial charge in [-0.05, 0) is 25.7 Å². The molecule has 0 radical (unpaired) electrons. The van der Waals surface area contributed by atoms with Gasteiger partial charge in [0.15, 0.2) is 5.96 Å². The number of halogens is 1. The lowest BCUT2D eigenvalue weighted by Crippen LogP contribution is -2.41. The summed E-state index contributed by atoms with van der Waals surface area (Å²) in [4.78, 5) is 18.0. The van der Waals surface area contributed by atoms with Gasteiger partial charge >= 0.3 is 0 Å². The minimum absolute atomic E-state index is 0. The highest BCUT2D eigenvalue weighted by Crippen LogP contribution is 2.17. The lowest BCUT2D eigenvalue weighted by Gasteiger charge is -2.23. The van der Waals surface area contributed by atoms with E-state index in [4.69, 9.17) is 5.73 Å². The van der Waals surface area contributed by atoms with Crippen LogP contribution >= 0.6 is 24.0 Å². The first-order valence-electron chi connectivity index (χ1n) is 7.60. The fraction of sp³-hybridized carbons (Fsp3) is 0.857. The van der Waals surface area contributed by atoms with E-state index < -0.39 is 0 Å². The molecule has 2 aliphatic rings. The first-order valence-corrected chi connectivity index (χ1v) is 7.60. The molecule has 0 spiro atoms. The Balaban J connectivity index is 0.00000200. The molecular formula is C14H27IN4O. The largest absolute Gasteiger partial charge is 0.370 e. The SMILES string of the molecule is I.NC(=NCCC(=O)N1CCCC1)NC1CCCCC1. The molecule has 0 aromatic rings. The van der Waals surface area contributed by atoms with Crippen LogP contribution in [0, 0.1) is 0 Å². The fourth-order valence-corrected chi connectivity index (χ4v) is 2.90. The number of hydrogen-bond acceptors (Lipinski definition) is 2. The Hall–Kier alpha value is -0.530. The van der Waals surface area contributed by atoms with E-state index in [2.05, 4.69) is 10.3 Å². The Labute approximate surface area is 138 Å². The number of nitrogens with zero attached hydrogens (tertiary/aromatic N) is 2. The van der Waals surface area contributed by atoms with Crippen molar-refractivity contribution < 1.29 is 4.79 Å². The second kappa shape index (κ2) is 9.41. The van der Waals surface area contributed by atoms with Crippen molar-refractivity contribution in [3.8, 4) is 0 Å². The van der Waals surface area contributed by atoms with Crippen LogP contribution in [0.15, 0.2) is 4.99 Å². The lowest BCUT2D eigenvalue weighted by atomic mass is 9.96. The molecule has 5 nitrogen and oxygen atoms in total. The third-order valence-electron chi connectivity index (χ3n) is 4.02. The summed E-state index contributed by atoms with van der Waals surface area (Å²) in [7, 11) is 0. The fourth-order valence-electron chi connectivity index (χ4n) is 2.90. The van der Waals surface area contributed by atoms with Crippen LogP contribution in [0.25, 0.3) is 0 Å². The molecule has 1 saturated heterocycles. The topological polar surface area (TPSA) is 70.7 Å². The van der Waals surface area contributed by atoms with E-state index in [1.54, 1.807) is 0 Å². The van der Waals surface area contributed by atoms with Crippen molar-refractivity contribution in [1.29, 1.82) is 0 Å². The molecule has 6 heteroatoms. The lowest BCUT2D eigenvalue weighted by molar-refractivity contribution is -0.129. The second-order valence-electron chi connectivity index (χ2n) is 5.58. The van der Waals surface area contributed by atoms with Crippen molar-refractivity contribution in [2.75, 3.05) is 19.6 Å². The van der Waals surface area contributed by atoms with Gasteiger partial charge in [-0.2, -0.15) is 0 Å². The van der Waals surface area contributed by atoms with Crippen molar-refractivity contribution in [2.45, 2.75) is 57.4 Å². The van der Waals surface area contributed by atoms with Crippen LogP contribution in [0.4, 0.5) is 0 Å². The van der Waals surface area contributed by atoms with Crippen LogP contribution in [0.1, 0.15) is 51.4 Å². The number of nitrogens with one attached hydrogen (secondary N) is 1. The van der Waals surface area contributed by atoms with Gasteiger partial charge in [-0.3, -0.25) is 9.79 Å². The van der Waals surface area contributed by atoms with Gasteiger partial charge in [0.1, 0.15) is 0 Å². The Morgan fingerprint density at radius 3 is 2.45 bits per heavy atom. The third kappa shape index (κ3) is 5.85. The van der Waals surface area contributed by atoms with Crippen molar-refractivity contribution >= 4 is 35.8 Å². The molecule has 1 heterocycles. The van der Waals surface area contributed by atoms with Crippen LogP contribution in [0.2, 0.25) is 0 Å².